The van der Waals surface area contributed by atoms with Crippen LogP contribution < -0.4 is 0 Å². The molecular formula is C50H84O13Si3. The number of Topliss-reactive ketones (excluding diaryl/α,β-unsaturated/α-hetero) is 1. The summed E-state index contributed by atoms with van der Waals surface area (Å²) in [5, 5.41) is 14.5. The highest BCUT2D eigenvalue weighted by Crippen LogP contribution is 2.66. The van der Waals surface area contributed by atoms with Gasteiger partial charge in [0.05, 0.1) is 35.7 Å². The van der Waals surface area contributed by atoms with Gasteiger partial charge >= 0.3 is 37.6 Å². The summed E-state index contributed by atoms with van der Waals surface area (Å²) in [7, 11) is -4.74. The third-order valence-corrected chi connectivity index (χ3v) is 30.0. The summed E-state index contributed by atoms with van der Waals surface area (Å²) in [6.45, 7) is 33.7. The SMILES string of the molecule is CO[Si](OC1=C2C(C)[C@@H](O[Si](OC)(C(C)C)C(C)C)C[C@@](O)([C@@H](OC(=O)c3ccccc3)C3[C@]4(OC(C)=O)COC4C[C@H](O[Si](OC)(C(C)C)C(C)C)[C@@]3(C)C1=O)C2(C)C)(C(C)C)C(C)C. The van der Waals surface area contributed by atoms with Gasteiger partial charge in [-0.25, -0.2) is 4.79 Å². The van der Waals surface area contributed by atoms with Crippen molar-refractivity contribution in [3.63, 3.8) is 0 Å². The van der Waals surface area contributed by atoms with E-state index in [1.165, 1.54) is 6.92 Å². The molecule has 1 N–H and O–H groups in total. The lowest BCUT2D eigenvalue weighted by atomic mass is 9.45. The van der Waals surface area contributed by atoms with Gasteiger partial charge in [-0.05, 0) is 46.8 Å². The highest BCUT2D eigenvalue weighted by molar-refractivity contribution is 6.71. The smallest absolute Gasteiger partial charge is 0.403 e. The summed E-state index contributed by atoms with van der Waals surface area (Å²) >= 11 is 0. The Hall–Kier alpha value is -2.26. The maximum absolute atomic E-state index is 17.1. The van der Waals surface area contributed by atoms with E-state index in [1.54, 1.807) is 51.7 Å². The van der Waals surface area contributed by atoms with E-state index in [9.17, 15) is 14.7 Å². The van der Waals surface area contributed by atoms with Crippen molar-refractivity contribution in [1.82, 2.24) is 0 Å². The van der Waals surface area contributed by atoms with Gasteiger partial charge in [-0.1, -0.05) is 122 Å². The molecule has 66 heavy (non-hydrogen) atoms. The van der Waals surface area contributed by atoms with Crippen LogP contribution in [-0.2, 0) is 50.4 Å². The van der Waals surface area contributed by atoms with Crippen molar-refractivity contribution in [2.24, 2.45) is 22.7 Å². The molecule has 1 aromatic carbocycles. The number of carbonyl (C=O) groups excluding carboxylic acids is 3. The van der Waals surface area contributed by atoms with Crippen molar-refractivity contribution in [3.8, 4) is 0 Å². The summed E-state index contributed by atoms with van der Waals surface area (Å²) in [5.74, 6) is -3.45. The Morgan fingerprint density at radius 1 is 0.758 bits per heavy atom. The third-order valence-electron chi connectivity index (χ3n) is 16.6. The quantitative estimate of drug-likeness (QED) is 0.110. The van der Waals surface area contributed by atoms with Crippen LogP contribution >= 0.6 is 0 Å². The van der Waals surface area contributed by atoms with E-state index >= 15 is 4.79 Å². The first-order valence-electron chi connectivity index (χ1n) is 24.3. The van der Waals surface area contributed by atoms with E-state index in [-0.39, 0.29) is 64.0 Å². The van der Waals surface area contributed by atoms with Crippen LogP contribution in [0.15, 0.2) is 41.7 Å². The molecule has 0 aromatic heterocycles. The molecule has 2 saturated carbocycles. The van der Waals surface area contributed by atoms with Crippen LogP contribution in [0.25, 0.3) is 0 Å². The Balaban J connectivity index is 2.04. The van der Waals surface area contributed by atoms with Gasteiger partial charge in [0.25, 0.3) is 0 Å². The molecule has 0 amide bonds. The summed E-state index contributed by atoms with van der Waals surface area (Å²) in [6, 6.07) is 8.60. The number of allylic oxidation sites excluding steroid dienone is 1. The molecule has 5 rings (SSSR count). The molecule has 1 aliphatic heterocycles. The van der Waals surface area contributed by atoms with Crippen molar-refractivity contribution >= 4 is 43.4 Å². The Bertz CT molecular complexity index is 1930. The fourth-order valence-electron chi connectivity index (χ4n) is 13.0. The Morgan fingerprint density at radius 2 is 1.24 bits per heavy atom. The molecule has 0 radical (unpaired) electrons. The lowest BCUT2D eigenvalue weighted by molar-refractivity contribution is -0.344. The highest BCUT2D eigenvalue weighted by Gasteiger charge is 2.79. The van der Waals surface area contributed by atoms with Crippen LogP contribution in [0, 0.1) is 22.7 Å². The zero-order valence-electron chi connectivity index (χ0n) is 43.8. The molecule has 0 spiro atoms. The van der Waals surface area contributed by atoms with Crippen LogP contribution in [0.5, 0.6) is 0 Å². The van der Waals surface area contributed by atoms with Crippen LogP contribution in [0.3, 0.4) is 0 Å². The van der Waals surface area contributed by atoms with Crippen LogP contribution in [0.2, 0.25) is 33.2 Å². The van der Waals surface area contributed by atoms with Crippen LogP contribution in [0.4, 0.5) is 0 Å². The molecule has 3 fully saturated rings. The minimum Gasteiger partial charge on any atom is -0.517 e. The lowest BCUT2D eigenvalue weighted by Crippen LogP contribution is -2.82. The van der Waals surface area contributed by atoms with Gasteiger partial charge in [0.2, 0.25) is 5.78 Å². The first-order chi connectivity index (χ1) is 30.5. The van der Waals surface area contributed by atoms with Gasteiger partial charge in [0, 0.05) is 63.5 Å². The van der Waals surface area contributed by atoms with Crippen LogP contribution in [0.1, 0.15) is 141 Å². The minimum atomic E-state index is -3.40. The topological polar surface area (TPSA) is 155 Å². The van der Waals surface area contributed by atoms with E-state index in [1.807, 2.05) is 27.7 Å². The average molecular weight is 977 g/mol. The molecule has 16 heteroatoms. The van der Waals surface area contributed by atoms with Gasteiger partial charge in [-0.15, -0.1) is 0 Å². The molecule has 4 aliphatic rings. The third kappa shape index (κ3) is 8.39. The second-order valence-electron chi connectivity index (χ2n) is 22.2. The fourth-order valence-corrected chi connectivity index (χ4v) is 23.7. The number of aliphatic hydroxyl groups is 1. The molecule has 13 nitrogen and oxygen atoms in total. The van der Waals surface area contributed by atoms with E-state index < -0.39 is 102 Å². The largest absolute Gasteiger partial charge is 0.517 e. The zero-order valence-corrected chi connectivity index (χ0v) is 46.8. The number of ketones is 1. The number of rotatable bonds is 18. The molecule has 1 heterocycles. The first kappa shape index (κ1) is 54.7. The number of ether oxygens (including phenoxy) is 3. The van der Waals surface area contributed by atoms with E-state index in [0.717, 1.165) is 0 Å². The molecule has 3 unspecified atom stereocenters. The molecular weight excluding hydrogens is 893 g/mol. The van der Waals surface area contributed by atoms with E-state index in [2.05, 4.69) is 83.1 Å². The van der Waals surface area contributed by atoms with Gasteiger partial charge in [-0.2, -0.15) is 0 Å². The number of benzene rings is 1. The van der Waals surface area contributed by atoms with Crippen molar-refractivity contribution in [2.45, 2.75) is 199 Å². The molecule has 1 saturated heterocycles. The number of hydrogen-bond acceptors (Lipinski definition) is 13. The summed E-state index contributed by atoms with van der Waals surface area (Å²) in [4.78, 5) is 45.7. The second-order valence-corrected chi connectivity index (χ2v) is 35.4. The molecule has 3 aliphatic carbocycles. The average Bonchev–Trinajstić information content (AvgIpc) is 3.23. The van der Waals surface area contributed by atoms with Crippen LogP contribution in [-0.4, -0.2) is 112 Å². The number of hydrogen-bond donors (Lipinski definition) is 1. The Kier molecular flexibility index (Phi) is 16.2. The lowest BCUT2D eigenvalue weighted by Gasteiger charge is -2.68. The summed E-state index contributed by atoms with van der Waals surface area (Å²) < 4.78 is 62.0. The molecule has 374 valence electrons. The van der Waals surface area contributed by atoms with Gasteiger partial charge < -0.3 is 45.9 Å². The number of carbonyl (C=O) groups is 3. The predicted octanol–water partition coefficient (Wildman–Crippen LogP) is 10.1. The van der Waals surface area contributed by atoms with Crippen molar-refractivity contribution < 1.29 is 60.3 Å². The second kappa shape index (κ2) is 19.5. The minimum absolute atomic E-state index is 0.00986. The van der Waals surface area contributed by atoms with Crippen molar-refractivity contribution in [1.29, 1.82) is 0 Å². The maximum Gasteiger partial charge on any atom is 0.403 e. The zero-order chi connectivity index (χ0) is 49.9. The van der Waals surface area contributed by atoms with Crippen molar-refractivity contribution in [2.75, 3.05) is 27.9 Å². The van der Waals surface area contributed by atoms with Gasteiger partial charge in [0.15, 0.2) is 5.60 Å². The van der Waals surface area contributed by atoms with E-state index in [4.69, 9.17) is 40.8 Å². The monoisotopic (exact) mass is 977 g/mol. The predicted molar refractivity (Wildman–Crippen MR) is 260 cm³/mol. The van der Waals surface area contributed by atoms with Crippen molar-refractivity contribution in [3.05, 3.63) is 47.2 Å². The fraction of sp³-hybridized carbons (Fsp3) is 0.780. The standard InChI is InChI=1S/C50H84O13Si3/c1-29(2)64(55-18,30(3)4)61-38-27-50(54)45(59-46(53)37-24-22-21-23-25-37)43-48(17,44(52)42(41(35(38)13)47(50,15)16)63-66(57-20,33(9)10)34(11)12)39(62-65(56-19,31(5)6)32(7)8)26-40-49(43,28-58-40)60-36(14)51/h21-25,29-35,38-40,43,45,54H,26-28H2,1-20H3/t35?,38-,39-,40?,43?,45-,48+,49-,50+/m0/s1. The number of fused-ring (bicyclic) bond motifs is 5. The van der Waals surface area contributed by atoms with Gasteiger partial charge in [0.1, 0.15) is 23.6 Å². The Morgan fingerprint density at radius 3 is 1.67 bits per heavy atom. The van der Waals surface area contributed by atoms with E-state index in [0.29, 0.717) is 5.57 Å². The first-order valence-corrected chi connectivity index (χ1v) is 30.2. The normalized spacial score (nSPS) is 31.5. The molecule has 9 atom stereocenters. The van der Waals surface area contributed by atoms with Gasteiger partial charge in [-0.3, -0.25) is 9.59 Å². The Labute approximate surface area is 399 Å². The molecule has 2 bridgehead atoms. The number of esters is 2. The summed E-state index contributed by atoms with van der Waals surface area (Å²) in [6.07, 6.45) is -3.94. The maximum atomic E-state index is 17.1. The summed E-state index contributed by atoms with van der Waals surface area (Å²) in [5.41, 5.74) is -6.32. The molecule has 1 aromatic rings. The highest BCUT2D eigenvalue weighted by atomic mass is 28.4.